The van der Waals surface area contributed by atoms with E-state index in [0.29, 0.717) is 36.6 Å². The van der Waals surface area contributed by atoms with E-state index < -0.39 is 11.9 Å². The van der Waals surface area contributed by atoms with Crippen molar-refractivity contribution in [2.75, 3.05) is 18.5 Å². The number of nitrogens with one attached hydrogen (secondary N) is 2. The Morgan fingerprint density at radius 2 is 2.08 bits per heavy atom. The summed E-state index contributed by atoms with van der Waals surface area (Å²) in [6.07, 6.45) is 3.53. The summed E-state index contributed by atoms with van der Waals surface area (Å²) in [4.78, 5) is 22.0. The van der Waals surface area contributed by atoms with Gasteiger partial charge in [-0.25, -0.2) is 14.4 Å². The highest BCUT2D eigenvalue weighted by Crippen LogP contribution is 2.34. The fourth-order valence-electron chi connectivity index (χ4n) is 4.81. The molecule has 1 saturated carbocycles. The van der Waals surface area contributed by atoms with Gasteiger partial charge in [-0.2, -0.15) is 0 Å². The largest absolute Gasteiger partial charge is 0.389 e. The lowest BCUT2D eigenvalue weighted by atomic mass is 10.0. The molecule has 1 aliphatic carbocycles. The monoisotopic (exact) mass is 515 g/mol. The first kappa shape index (κ1) is 25.1. The van der Waals surface area contributed by atoms with Crippen molar-refractivity contribution >= 4 is 28.5 Å². The Morgan fingerprint density at radius 3 is 2.78 bits per heavy atom. The van der Waals surface area contributed by atoms with Crippen LogP contribution in [0.5, 0.6) is 0 Å². The molecule has 36 heavy (non-hydrogen) atoms. The Kier molecular flexibility index (Phi) is 7.00. The first-order valence-corrected chi connectivity index (χ1v) is 12.8. The lowest BCUT2D eigenvalue weighted by molar-refractivity contribution is -0.0136. The molecule has 0 amide bonds. The Morgan fingerprint density at radius 1 is 1.31 bits per heavy atom. The molecule has 8 nitrogen and oxygen atoms in total. The predicted molar refractivity (Wildman–Crippen MR) is 138 cm³/mol. The number of anilines is 1. The van der Waals surface area contributed by atoms with Crippen molar-refractivity contribution in [2.45, 2.75) is 70.8 Å². The molecule has 1 aromatic carbocycles. The minimum Gasteiger partial charge on any atom is -0.389 e. The number of pyridine rings is 1. The number of aromatic nitrogens is 3. The number of benzene rings is 1. The summed E-state index contributed by atoms with van der Waals surface area (Å²) in [5.74, 6) is -0.317. The number of aliphatic hydroxyl groups excluding tert-OH is 1. The van der Waals surface area contributed by atoms with Gasteiger partial charge in [-0.05, 0) is 52.2 Å². The van der Waals surface area contributed by atoms with Crippen molar-refractivity contribution in [3.8, 4) is 11.3 Å². The van der Waals surface area contributed by atoms with Gasteiger partial charge in [0.25, 0.3) is 0 Å². The number of aliphatic hydroxyl groups is 1. The molecule has 1 saturated heterocycles. The second-order valence-corrected chi connectivity index (χ2v) is 10.3. The maximum absolute atomic E-state index is 16.3. The van der Waals surface area contributed by atoms with Crippen LogP contribution in [0.3, 0.4) is 0 Å². The Labute approximate surface area is 213 Å². The van der Waals surface area contributed by atoms with Crippen molar-refractivity contribution in [3.63, 3.8) is 0 Å². The van der Waals surface area contributed by atoms with Gasteiger partial charge in [0.2, 0.25) is 5.95 Å². The van der Waals surface area contributed by atoms with E-state index in [1.807, 2.05) is 18.4 Å². The van der Waals surface area contributed by atoms with Crippen molar-refractivity contribution < 1.29 is 14.2 Å². The van der Waals surface area contributed by atoms with Gasteiger partial charge in [0.1, 0.15) is 0 Å². The molecule has 2 atom stereocenters. The van der Waals surface area contributed by atoms with Crippen LogP contribution in [0.25, 0.3) is 22.2 Å². The predicted octanol–water partition coefficient (Wildman–Crippen LogP) is 3.95. The molecule has 2 aromatic heterocycles. The molecular formula is C26H31ClFN5O3. The van der Waals surface area contributed by atoms with E-state index in [4.69, 9.17) is 16.3 Å². The van der Waals surface area contributed by atoms with E-state index in [1.54, 1.807) is 19.1 Å². The van der Waals surface area contributed by atoms with Crippen molar-refractivity contribution in [2.24, 2.45) is 0 Å². The van der Waals surface area contributed by atoms with Gasteiger partial charge in [-0.3, -0.25) is 4.79 Å². The summed E-state index contributed by atoms with van der Waals surface area (Å²) in [5.41, 5.74) is 1.88. The van der Waals surface area contributed by atoms with Gasteiger partial charge in [-0.1, -0.05) is 11.6 Å². The number of hydrogen-bond acceptors (Lipinski definition) is 7. The van der Waals surface area contributed by atoms with E-state index in [9.17, 15) is 9.90 Å². The van der Waals surface area contributed by atoms with Crippen LogP contribution in [0, 0.1) is 12.7 Å². The molecule has 192 valence electrons. The zero-order chi connectivity index (χ0) is 25.6. The van der Waals surface area contributed by atoms with E-state index >= 15 is 4.39 Å². The van der Waals surface area contributed by atoms with Crippen LogP contribution < -0.4 is 16.1 Å². The van der Waals surface area contributed by atoms with Gasteiger partial charge in [0, 0.05) is 47.4 Å². The first-order valence-electron chi connectivity index (χ1n) is 12.4. The van der Waals surface area contributed by atoms with Gasteiger partial charge < -0.3 is 25.0 Å². The number of rotatable bonds is 7. The van der Waals surface area contributed by atoms with Crippen LogP contribution in [-0.2, 0) is 11.3 Å². The minimum absolute atomic E-state index is 0.0827. The van der Waals surface area contributed by atoms with Crippen LogP contribution in [0.2, 0.25) is 5.02 Å². The van der Waals surface area contributed by atoms with Crippen LogP contribution in [0.15, 0.2) is 23.1 Å². The van der Waals surface area contributed by atoms with Gasteiger partial charge in [0.15, 0.2) is 11.2 Å². The molecule has 10 heteroatoms. The maximum atomic E-state index is 16.3. The quantitative estimate of drug-likeness (QED) is 0.438. The third-order valence-corrected chi connectivity index (χ3v) is 7.23. The lowest BCUT2D eigenvalue weighted by Gasteiger charge is -2.28. The molecular weight excluding hydrogens is 485 g/mol. The lowest BCUT2D eigenvalue weighted by Crippen LogP contribution is -2.42. The molecule has 3 N–H and O–H groups in total. The zero-order valence-electron chi connectivity index (χ0n) is 20.6. The van der Waals surface area contributed by atoms with Crippen molar-refractivity contribution in [1.29, 1.82) is 0 Å². The van der Waals surface area contributed by atoms with Gasteiger partial charge in [0.05, 0.1) is 41.2 Å². The topological polar surface area (TPSA) is 101 Å². The number of hydrogen-bond donors (Lipinski definition) is 3. The average Bonchev–Trinajstić information content (AvgIpc) is 3.68. The highest BCUT2D eigenvalue weighted by atomic mass is 35.5. The molecule has 0 unspecified atom stereocenters. The van der Waals surface area contributed by atoms with E-state index in [1.165, 1.54) is 6.20 Å². The third kappa shape index (κ3) is 4.72. The van der Waals surface area contributed by atoms with E-state index in [0.717, 1.165) is 18.5 Å². The molecule has 2 fully saturated rings. The first-order chi connectivity index (χ1) is 17.3. The average molecular weight is 516 g/mol. The number of ether oxygens (including phenoxy) is 1. The smallest absolute Gasteiger partial charge is 0.223 e. The molecule has 0 spiro atoms. The SMILES string of the molecule is Cc1c(CNC2CC2)n(C(C)C)c2c(F)c(-c3nc(N[C@@H]4CCOC[C@H]4O)ncc3Cl)ccc2c1=O. The summed E-state index contributed by atoms with van der Waals surface area (Å²) >= 11 is 6.44. The second-order valence-electron chi connectivity index (χ2n) is 9.91. The molecule has 0 bridgehead atoms. The Bertz CT molecular complexity index is 1360. The van der Waals surface area contributed by atoms with Crippen LogP contribution in [-0.4, -0.2) is 51.0 Å². The van der Waals surface area contributed by atoms with E-state index in [-0.39, 0.29) is 51.9 Å². The molecule has 3 aromatic rings. The molecule has 5 rings (SSSR count). The summed E-state index contributed by atoms with van der Waals surface area (Å²) in [5, 5.41) is 17.3. The molecule has 1 aliphatic heterocycles. The minimum atomic E-state index is -0.703. The zero-order valence-corrected chi connectivity index (χ0v) is 21.4. The van der Waals surface area contributed by atoms with Gasteiger partial charge >= 0.3 is 0 Å². The molecule has 2 aliphatic rings. The number of halogens is 2. The Balaban J connectivity index is 1.62. The Hall–Kier alpha value is -2.59. The maximum Gasteiger partial charge on any atom is 0.223 e. The van der Waals surface area contributed by atoms with Gasteiger partial charge in [-0.15, -0.1) is 0 Å². The molecule has 0 radical (unpaired) electrons. The highest BCUT2D eigenvalue weighted by Gasteiger charge is 2.27. The highest BCUT2D eigenvalue weighted by molar-refractivity contribution is 6.33. The number of nitrogens with zero attached hydrogens (tertiary/aromatic N) is 3. The standard InChI is InChI=1S/C26H31ClFN5O3/c1-13(2)33-20(11-29-15-4-5-15)14(3)25(35)17-7-6-16(22(28)24(17)33)23-18(27)10-30-26(32-23)31-19-8-9-36-12-21(19)34/h6-7,10,13,15,19,21,29,34H,4-5,8-9,11-12H2,1-3H3,(H,30,31,32)/t19-,21-/m1/s1. The normalized spacial score (nSPS) is 20.3. The summed E-state index contributed by atoms with van der Waals surface area (Å²) < 4.78 is 23.5. The van der Waals surface area contributed by atoms with Crippen LogP contribution in [0.1, 0.15) is 50.4 Å². The fraction of sp³-hybridized carbons (Fsp3) is 0.500. The molecule has 3 heterocycles. The summed E-state index contributed by atoms with van der Waals surface area (Å²) in [7, 11) is 0. The summed E-state index contributed by atoms with van der Waals surface area (Å²) in [6, 6.07) is 3.28. The summed E-state index contributed by atoms with van der Waals surface area (Å²) in [6.45, 7) is 7.00. The van der Waals surface area contributed by atoms with Crippen molar-refractivity contribution in [1.82, 2.24) is 19.9 Å². The van der Waals surface area contributed by atoms with E-state index in [2.05, 4.69) is 20.6 Å². The fourth-order valence-corrected chi connectivity index (χ4v) is 5.01. The third-order valence-electron chi connectivity index (χ3n) is 6.96. The number of fused-ring (bicyclic) bond motifs is 1. The second kappa shape index (κ2) is 10.0. The van der Waals surface area contributed by atoms with Crippen LogP contribution in [0.4, 0.5) is 10.3 Å². The van der Waals surface area contributed by atoms with Crippen molar-refractivity contribution in [3.05, 3.63) is 50.7 Å². The van der Waals surface area contributed by atoms with Crippen LogP contribution >= 0.6 is 11.6 Å².